The van der Waals surface area contributed by atoms with E-state index in [0.717, 1.165) is 0 Å². The van der Waals surface area contributed by atoms with Gasteiger partial charge in [-0.1, -0.05) is 40.9 Å². The zero-order valence-corrected chi connectivity index (χ0v) is 15.0. The Kier molecular flexibility index (Phi) is 3.99. The molecule has 0 N–H and O–H groups in total. The van der Waals surface area contributed by atoms with Gasteiger partial charge < -0.3 is 9.32 Å². The molecule has 0 spiro atoms. The highest BCUT2D eigenvalue weighted by Crippen LogP contribution is 2.31. The van der Waals surface area contributed by atoms with Crippen LogP contribution in [0.15, 0.2) is 45.6 Å². The van der Waals surface area contributed by atoms with E-state index in [1.807, 2.05) is 0 Å². The smallest absolute Gasteiger partial charge is 0.294 e. The third-order valence-corrected chi connectivity index (χ3v) is 5.24. The van der Waals surface area contributed by atoms with E-state index >= 15 is 0 Å². The number of carbonyl (C=O) groups is 1. The predicted molar refractivity (Wildman–Crippen MR) is 99.3 cm³/mol. The van der Waals surface area contributed by atoms with Crippen molar-refractivity contribution in [3.8, 4) is 0 Å². The van der Waals surface area contributed by atoms with Gasteiger partial charge >= 0.3 is 0 Å². The lowest BCUT2D eigenvalue weighted by atomic mass is 10.0. The molecule has 0 fully saturated rings. The maximum Gasteiger partial charge on any atom is 0.294 e. The summed E-state index contributed by atoms with van der Waals surface area (Å²) in [5.41, 5.74) is 0.959. The number of fused-ring (bicyclic) bond motifs is 2. The Morgan fingerprint density at radius 3 is 2.52 bits per heavy atom. The van der Waals surface area contributed by atoms with Gasteiger partial charge in [-0.25, -0.2) is 0 Å². The van der Waals surface area contributed by atoms with Gasteiger partial charge in [0, 0.05) is 12.2 Å². The summed E-state index contributed by atoms with van der Waals surface area (Å²) < 4.78 is 5.73. The second-order valence-corrected chi connectivity index (χ2v) is 6.88. The van der Waals surface area contributed by atoms with Crippen LogP contribution in [0.1, 0.15) is 16.1 Å². The summed E-state index contributed by atoms with van der Waals surface area (Å²) in [6, 6.07) is 9.87. The topological polar surface area (TPSA) is 50.5 Å². The molecule has 7 heteroatoms. The molecule has 3 aromatic rings. The highest BCUT2D eigenvalue weighted by Gasteiger charge is 2.31. The molecule has 1 aliphatic heterocycles. The van der Waals surface area contributed by atoms with Gasteiger partial charge in [0.25, 0.3) is 5.91 Å². The molecule has 2 aromatic carbocycles. The van der Waals surface area contributed by atoms with Crippen LogP contribution in [-0.2, 0) is 6.42 Å². The molecule has 0 saturated carbocycles. The first-order chi connectivity index (χ1) is 12.0. The van der Waals surface area contributed by atoms with E-state index in [9.17, 15) is 9.59 Å². The average molecular weight is 395 g/mol. The number of benzene rings is 2. The fraction of sp³-hybridized carbons (Fsp3) is 0.111. The Morgan fingerprint density at radius 2 is 1.76 bits per heavy atom. The van der Waals surface area contributed by atoms with Crippen molar-refractivity contribution in [2.24, 2.45) is 0 Å². The van der Waals surface area contributed by atoms with Crippen LogP contribution >= 0.6 is 34.8 Å². The van der Waals surface area contributed by atoms with Crippen molar-refractivity contribution < 1.29 is 9.21 Å². The van der Waals surface area contributed by atoms with Crippen LogP contribution in [0.5, 0.6) is 0 Å². The summed E-state index contributed by atoms with van der Waals surface area (Å²) in [6.07, 6.45) is 0.381. The molecule has 126 valence electrons. The van der Waals surface area contributed by atoms with Crippen molar-refractivity contribution in [3.05, 3.63) is 73.0 Å². The molecule has 1 amide bonds. The van der Waals surface area contributed by atoms with Crippen LogP contribution in [0.25, 0.3) is 11.0 Å². The molecule has 0 saturated heterocycles. The molecule has 2 heterocycles. The standard InChI is InChI=1S/C18H10Cl3NO3/c19-12-5-4-9(8-14(12)21)22-7-6-11-15(23)10-2-1-3-13(20)16(10)25-17(11)18(22)24/h1-5,8H,6-7H2. The van der Waals surface area contributed by atoms with Crippen LogP contribution in [0.2, 0.25) is 15.1 Å². The van der Waals surface area contributed by atoms with E-state index in [1.54, 1.807) is 36.4 Å². The highest BCUT2D eigenvalue weighted by molar-refractivity contribution is 6.42. The normalized spacial score (nSPS) is 14.0. The maximum absolute atomic E-state index is 12.9. The molecule has 0 aliphatic carbocycles. The maximum atomic E-state index is 12.9. The Hall–Kier alpha value is -2.01. The first kappa shape index (κ1) is 16.5. The minimum Gasteiger partial charge on any atom is -0.449 e. The molecule has 25 heavy (non-hydrogen) atoms. The molecule has 0 unspecified atom stereocenters. The van der Waals surface area contributed by atoms with Crippen molar-refractivity contribution >= 4 is 57.4 Å². The minimum atomic E-state index is -0.404. The van der Waals surface area contributed by atoms with Crippen molar-refractivity contribution in [1.82, 2.24) is 0 Å². The second-order valence-electron chi connectivity index (χ2n) is 5.66. The second kappa shape index (κ2) is 6.06. The van der Waals surface area contributed by atoms with Crippen molar-refractivity contribution in [1.29, 1.82) is 0 Å². The Morgan fingerprint density at radius 1 is 0.960 bits per heavy atom. The lowest BCUT2D eigenvalue weighted by Crippen LogP contribution is -2.40. The quantitative estimate of drug-likeness (QED) is 0.586. The van der Waals surface area contributed by atoms with Gasteiger partial charge in [-0.05, 0) is 36.8 Å². The number of halogens is 3. The number of rotatable bonds is 1. The first-order valence-corrected chi connectivity index (χ1v) is 8.62. The summed E-state index contributed by atoms with van der Waals surface area (Å²) in [6.45, 7) is 0.348. The summed E-state index contributed by atoms with van der Waals surface area (Å²) in [7, 11) is 0. The van der Waals surface area contributed by atoms with Gasteiger partial charge in [0.15, 0.2) is 16.8 Å². The van der Waals surface area contributed by atoms with Gasteiger partial charge in [-0.3, -0.25) is 9.59 Å². The summed E-state index contributed by atoms with van der Waals surface area (Å²) in [5.74, 6) is -0.388. The third-order valence-electron chi connectivity index (χ3n) is 4.20. The van der Waals surface area contributed by atoms with Gasteiger partial charge in [0.05, 0.1) is 26.0 Å². The summed E-state index contributed by atoms with van der Waals surface area (Å²) >= 11 is 18.1. The summed E-state index contributed by atoms with van der Waals surface area (Å²) in [5, 5.41) is 1.42. The van der Waals surface area contributed by atoms with E-state index in [1.165, 1.54) is 4.90 Å². The minimum absolute atomic E-state index is 0.0166. The lowest BCUT2D eigenvalue weighted by Gasteiger charge is -2.27. The SMILES string of the molecule is O=C1c2oc3c(Cl)cccc3c(=O)c2CCN1c1ccc(Cl)c(Cl)c1. The zero-order valence-electron chi connectivity index (χ0n) is 12.7. The van der Waals surface area contributed by atoms with Crippen molar-refractivity contribution in [3.63, 3.8) is 0 Å². The largest absolute Gasteiger partial charge is 0.449 e. The Bertz CT molecular complexity index is 1090. The number of carbonyl (C=O) groups excluding carboxylic acids is 1. The predicted octanol–water partition coefficient (Wildman–Crippen LogP) is 4.96. The van der Waals surface area contributed by atoms with E-state index in [-0.39, 0.29) is 21.8 Å². The van der Waals surface area contributed by atoms with Gasteiger partial charge in [0.1, 0.15) is 0 Å². The van der Waals surface area contributed by atoms with E-state index < -0.39 is 5.91 Å². The van der Waals surface area contributed by atoms with Gasteiger partial charge in [0.2, 0.25) is 0 Å². The molecule has 4 nitrogen and oxygen atoms in total. The monoisotopic (exact) mass is 393 g/mol. The Labute approximate surface area is 157 Å². The molecule has 0 radical (unpaired) electrons. The van der Waals surface area contributed by atoms with E-state index in [0.29, 0.717) is 39.6 Å². The van der Waals surface area contributed by atoms with Crippen LogP contribution in [0, 0.1) is 0 Å². The van der Waals surface area contributed by atoms with Crippen molar-refractivity contribution in [2.45, 2.75) is 6.42 Å². The molecule has 0 atom stereocenters. The molecule has 1 aliphatic rings. The van der Waals surface area contributed by atoms with E-state index in [4.69, 9.17) is 39.2 Å². The molecule has 4 rings (SSSR count). The van der Waals surface area contributed by atoms with Crippen molar-refractivity contribution in [2.75, 3.05) is 11.4 Å². The average Bonchev–Trinajstić information content (AvgIpc) is 2.59. The van der Waals surface area contributed by atoms with Crippen LogP contribution in [0.4, 0.5) is 5.69 Å². The van der Waals surface area contributed by atoms with Gasteiger partial charge in [-0.2, -0.15) is 0 Å². The summed E-state index contributed by atoms with van der Waals surface area (Å²) in [4.78, 5) is 27.1. The van der Waals surface area contributed by atoms with Crippen LogP contribution < -0.4 is 10.3 Å². The molecular weight excluding hydrogens is 385 g/mol. The number of hydrogen-bond donors (Lipinski definition) is 0. The fourth-order valence-electron chi connectivity index (χ4n) is 2.97. The fourth-order valence-corrected chi connectivity index (χ4v) is 3.47. The van der Waals surface area contributed by atoms with Crippen LogP contribution in [-0.4, -0.2) is 12.5 Å². The number of hydrogen-bond acceptors (Lipinski definition) is 3. The first-order valence-electron chi connectivity index (χ1n) is 7.48. The zero-order chi connectivity index (χ0) is 17.7. The molecular formula is C18H10Cl3NO3. The lowest BCUT2D eigenvalue weighted by molar-refractivity contribution is 0.0952. The molecule has 0 bridgehead atoms. The highest BCUT2D eigenvalue weighted by atomic mass is 35.5. The Balaban J connectivity index is 1.88. The van der Waals surface area contributed by atoms with E-state index in [2.05, 4.69) is 0 Å². The van der Waals surface area contributed by atoms with Gasteiger partial charge in [-0.15, -0.1) is 0 Å². The number of amides is 1. The number of para-hydroxylation sites is 1. The molecule has 1 aromatic heterocycles. The number of anilines is 1. The number of nitrogens with zero attached hydrogens (tertiary/aromatic N) is 1. The van der Waals surface area contributed by atoms with Crippen LogP contribution in [0.3, 0.4) is 0 Å². The third kappa shape index (κ3) is 2.61.